The SMILES string of the molecule is CNN.N/N=C/SCc1c(Cl)ccc(C(=O)C2=C(Cl)CCCC2=O)c1Cl. The standard InChI is InChI=1S/C15H13Cl3N2O2S.CH6N2/c16-10-5-4-8(14(18)9(10)6-23-7-20-19)15(22)13-11(17)2-1-3-12(13)21;1-3-2/h4-5,7H,1-3,6,19H2;3H,2H2,1H3/b20-7+;. The number of hydrazine groups is 1. The zero-order chi connectivity index (χ0) is 19.7. The molecule has 0 bridgehead atoms. The van der Waals surface area contributed by atoms with E-state index in [4.69, 9.17) is 40.6 Å². The van der Waals surface area contributed by atoms with E-state index in [9.17, 15) is 9.59 Å². The van der Waals surface area contributed by atoms with Gasteiger partial charge in [0.15, 0.2) is 11.6 Å². The average Bonchev–Trinajstić information content (AvgIpc) is 2.58. The van der Waals surface area contributed by atoms with E-state index < -0.39 is 5.78 Å². The number of rotatable bonds is 5. The van der Waals surface area contributed by atoms with Crippen molar-refractivity contribution in [2.24, 2.45) is 16.8 Å². The molecule has 10 heteroatoms. The third-order valence-electron chi connectivity index (χ3n) is 3.37. The second-order valence-corrected chi connectivity index (χ2v) is 7.20. The maximum absolute atomic E-state index is 12.7. The molecular formula is C16H19Cl3N4O2S. The quantitative estimate of drug-likeness (QED) is 0.162. The number of carbonyl (C=O) groups excluding carboxylic acids is 2. The first-order valence-electron chi connectivity index (χ1n) is 7.53. The Hall–Kier alpha value is -1.09. The minimum absolute atomic E-state index is 0.0317. The Morgan fingerprint density at radius 1 is 1.35 bits per heavy atom. The van der Waals surface area contributed by atoms with E-state index in [0.29, 0.717) is 40.6 Å². The number of hydrogen-bond acceptors (Lipinski definition) is 7. The van der Waals surface area contributed by atoms with Gasteiger partial charge in [-0.25, -0.2) is 0 Å². The summed E-state index contributed by atoms with van der Waals surface area (Å²) in [5, 5.41) is 4.32. The largest absolute Gasteiger partial charge is 0.323 e. The van der Waals surface area contributed by atoms with Gasteiger partial charge in [0, 0.05) is 33.4 Å². The molecule has 26 heavy (non-hydrogen) atoms. The summed E-state index contributed by atoms with van der Waals surface area (Å²) in [6.45, 7) is 0. The number of nitrogens with one attached hydrogen (secondary N) is 1. The van der Waals surface area contributed by atoms with Gasteiger partial charge in [-0.15, -0.1) is 11.8 Å². The molecule has 6 nitrogen and oxygen atoms in total. The molecule has 0 spiro atoms. The molecule has 0 amide bonds. The van der Waals surface area contributed by atoms with Crippen molar-refractivity contribution >= 4 is 63.7 Å². The minimum atomic E-state index is -0.458. The number of thioether (sulfide) groups is 1. The summed E-state index contributed by atoms with van der Waals surface area (Å²) in [6.07, 6.45) is 1.50. The molecule has 0 radical (unpaired) electrons. The molecule has 142 valence electrons. The Morgan fingerprint density at radius 3 is 2.58 bits per heavy atom. The summed E-state index contributed by atoms with van der Waals surface area (Å²) >= 11 is 19.8. The van der Waals surface area contributed by atoms with Crippen molar-refractivity contribution in [2.75, 3.05) is 7.05 Å². The summed E-state index contributed by atoms with van der Waals surface area (Å²) in [7, 11) is 1.65. The number of benzene rings is 1. The molecular weight excluding hydrogens is 419 g/mol. The molecule has 2 rings (SSSR count). The fourth-order valence-electron chi connectivity index (χ4n) is 2.26. The van der Waals surface area contributed by atoms with Crippen LogP contribution in [0.3, 0.4) is 0 Å². The Bertz CT molecular complexity index is 738. The topological polar surface area (TPSA) is 111 Å². The number of Topliss-reactive ketones (excluding diaryl/α,β-unsaturated/α-hetero) is 2. The van der Waals surface area contributed by atoms with Crippen molar-refractivity contribution in [3.05, 3.63) is 43.9 Å². The molecule has 0 fully saturated rings. The van der Waals surface area contributed by atoms with Gasteiger partial charge in [-0.2, -0.15) is 5.10 Å². The number of hydrogen-bond donors (Lipinski definition) is 3. The molecule has 1 aliphatic rings. The van der Waals surface area contributed by atoms with Crippen LogP contribution < -0.4 is 17.1 Å². The number of nitrogens with zero attached hydrogens (tertiary/aromatic N) is 1. The summed E-state index contributed by atoms with van der Waals surface area (Å²) in [5.41, 5.74) is 4.54. The lowest BCUT2D eigenvalue weighted by Gasteiger charge is -2.16. The van der Waals surface area contributed by atoms with Gasteiger partial charge in [0.05, 0.1) is 16.1 Å². The van der Waals surface area contributed by atoms with Gasteiger partial charge in [-0.3, -0.25) is 20.9 Å². The predicted molar refractivity (Wildman–Crippen MR) is 110 cm³/mol. The highest BCUT2D eigenvalue weighted by molar-refractivity contribution is 8.11. The van der Waals surface area contributed by atoms with Gasteiger partial charge in [0.2, 0.25) is 0 Å². The summed E-state index contributed by atoms with van der Waals surface area (Å²) < 4.78 is 0. The predicted octanol–water partition coefficient (Wildman–Crippen LogP) is 3.64. The first kappa shape index (κ1) is 23.0. The smallest absolute Gasteiger partial charge is 0.199 e. The molecule has 0 heterocycles. The second-order valence-electron chi connectivity index (χ2n) is 5.13. The molecule has 0 aliphatic heterocycles. The van der Waals surface area contributed by atoms with E-state index >= 15 is 0 Å². The molecule has 0 atom stereocenters. The van der Waals surface area contributed by atoms with Crippen molar-refractivity contribution in [3.63, 3.8) is 0 Å². The minimum Gasteiger partial charge on any atom is -0.323 e. The second kappa shape index (κ2) is 11.6. The average molecular weight is 438 g/mol. The van der Waals surface area contributed by atoms with Crippen LogP contribution in [0.1, 0.15) is 35.2 Å². The van der Waals surface area contributed by atoms with Crippen molar-refractivity contribution in [1.82, 2.24) is 5.43 Å². The van der Waals surface area contributed by atoms with Crippen LogP contribution in [0.15, 0.2) is 27.8 Å². The molecule has 0 saturated heterocycles. The Labute approximate surface area is 171 Å². The van der Waals surface area contributed by atoms with Crippen LogP contribution in [0, 0.1) is 0 Å². The monoisotopic (exact) mass is 436 g/mol. The first-order chi connectivity index (χ1) is 12.4. The van der Waals surface area contributed by atoms with Gasteiger partial charge < -0.3 is 5.84 Å². The molecule has 0 saturated carbocycles. The first-order valence-corrected chi connectivity index (χ1v) is 9.71. The molecule has 1 aliphatic carbocycles. The highest BCUT2D eigenvalue weighted by Gasteiger charge is 2.28. The molecule has 5 N–H and O–H groups in total. The zero-order valence-electron chi connectivity index (χ0n) is 14.0. The Morgan fingerprint density at radius 2 is 2.00 bits per heavy atom. The van der Waals surface area contributed by atoms with Crippen LogP contribution in [0.5, 0.6) is 0 Å². The number of halogens is 3. The zero-order valence-corrected chi connectivity index (χ0v) is 17.1. The van der Waals surface area contributed by atoms with E-state index in [1.165, 1.54) is 23.4 Å². The number of hydrazone groups is 1. The van der Waals surface area contributed by atoms with E-state index in [1.54, 1.807) is 13.1 Å². The van der Waals surface area contributed by atoms with Gasteiger partial charge in [0.25, 0.3) is 0 Å². The van der Waals surface area contributed by atoms with E-state index in [-0.39, 0.29) is 21.9 Å². The van der Waals surface area contributed by atoms with Crippen molar-refractivity contribution in [1.29, 1.82) is 0 Å². The van der Waals surface area contributed by atoms with Crippen LogP contribution in [0.25, 0.3) is 0 Å². The lowest BCUT2D eigenvalue weighted by atomic mass is 9.91. The van der Waals surface area contributed by atoms with Crippen LogP contribution >= 0.6 is 46.6 Å². The maximum atomic E-state index is 12.7. The van der Waals surface area contributed by atoms with Gasteiger partial charge >= 0.3 is 0 Å². The number of ketones is 2. The number of allylic oxidation sites excluding steroid dienone is 2. The van der Waals surface area contributed by atoms with Crippen LogP contribution in [-0.2, 0) is 10.5 Å². The van der Waals surface area contributed by atoms with Crippen LogP contribution in [0.2, 0.25) is 10.0 Å². The lowest BCUT2D eigenvalue weighted by Crippen LogP contribution is -2.18. The van der Waals surface area contributed by atoms with Crippen molar-refractivity contribution in [3.8, 4) is 0 Å². The lowest BCUT2D eigenvalue weighted by molar-refractivity contribution is -0.115. The molecule has 1 aromatic rings. The van der Waals surface area contributed by atoms with Crippen molar-refractivity contribution < 1.29 is 9.59 Å². The van der Waals surface area contributed by atoms with E-state index in [1.807, 2.05) is 0 Å². The highest BCUT2D eigenvalue weighted by atomic mass is 35.5. The third-order valence-corrected chi connectivity index (χ3v) is 5.26. The summed E-state index contributed by atoms with van der Waals surface area (Å²) in [5.74, 6) is 9.34. The fourth-order valence-corrected chi connectivity index (χ4v) is 3.96. The van der Waals surface area contributed by atoms with Gasteiger partial charge in [-0.05, 0) is 32.0 Å². The number of nitrogens with two attached hydrogens (primary N) is 2. The van der Waals surface area contributed by atoms with Crippen LogP contribution in [0.4, 0.5) is 0 Å². The Kier molecular flexibility index (Phi) is 10.2. The molecule has 0 aromatic heterocycles. The summed E-state index contributed by atoms with van der Waals surface area (Å²) in [6, 6.07) is 3.09. The normalized spacial score (nSPS) is 14.4. The summed E-state index contributed by atoms with van der Waals surface area (Å²) in [4.78, 5) is 24.7. The van der Waals surface area contributed by atoms with Crippen molar-refractivity contribution in [2.45, 2.75) is 25.0 Å². The van der Waals surface area contributed by atoms with E-state index in [2.05, 4.69) is 16.4 Å². The van der Waals surface area contributed by atoms with E-state index in [0.717, 1.165) is 0 Å². The van der Waals surface area contributed by atoms with Gasteiger partial charge in [-0.1, -0.05) is 34.8 Å². The maximum Gasteiger partial charge on any atom is 0.199 e. The fraction of sp³-hybridized carbons (Fsp3) is 0.312. The Balaban J connectivity index is 0.00000105. The highest BCUT2D eigenvalue weighted by Crippen LogP contribution is 2.34. The molecule has 1 aromatic carbocycles. The number of carbonyl (C=O) groups is 2. The van der Waals surface area contributed by atoms with Crippen LogP contribution in [-0.4, -0.2) is 24.2 Å². The third kappa shape index (κ3) is 5.97. The van der Waals surface area contributed by atoms with Gasteiger partial charge in [0.1, 0.15) is 0 Å². The molecule has 0 unspecified atom stereocenters.